The van der Waals surface area contributed by atoms with Crippen molar-refractivity contribution in [3.8, 4) is 28.4 Å². The summed E-state index contributed by atoms with van der Waals surface area (Å²) < 4.78 is 6.52. The van der Waals surface area contributed by atoms with Crippen molar-refractivity contribution in [2.75, 3.05) is 31.5 Å². The zero-order valence-corrected chi connectivity index (χ0v) is 18.8. The minimum atomic E-state index is 0.241. The van der Waals surface area contributed by atoms with Gasteiger partial charge in [0, 0.05) is 29.7 Å². The number of ether oxygens (including phenoxy) is 1. The van der Waals surface area contributed by atoms with Gasteiger partial charge in [-0.05, 0) is 67.2 Å². The summed E-state index contributed by atoms with van der Waals surface area (Å²) in [6.07, 6.45) is 3.93. The summed E-state index contributed by atoms with van der Waals surface area (Å²) in [4.78, 5) is 2.53. The van der Waals surface area contributed by atoms with E-state index in [1.807, 2.05) is 48.5 Å². The van der Waals surface area contributed by atoms with Crippen molar-refractivity contribution in [2.45, 2.75) is 19.3 Å². The Balaban J connectivity index is 1.59. The number of aromatic hydroxyl groups is 1. The highest BCUT2D eigenvalue weighted by molar-refractivity contribution is 6.01. The van der Waals surface area contributed by atoms with Crippen LogP contribution in [-0.4, -0.2) is 36.2 Å². The molecular formula is C29H30N2O2. The fourth-order valence-corrected chi connectivity index (χ4v) is 4.65. The SMILES string of the molecule is Oc1cccc(-c2c(NCCN3CCCCC3)cc3ccccc3c2Oc2ccccc2)c1. The Kier molecular flexibility index (Phi) is 6.45. The number of para-hydroxylation sites is 1. The monoisotopic (exact) mass is 438 g/mol. The van der Waals surface area contributed by atoms with E-state index in [4.69, 9.17) is 4.74 Å². The molecule has 5 rings (SSSR count). The minimum Gasteiger partial charge on any atom is -0.508 e. The third-order valence-corrected chi connectivity index (χ3v) is 6.29. The van der Waals surface area contributed by atoms with Gasteiger partial charge in [-0.25, -0.2) is 0 Å². The Hall–Kier alpha value is -3.50. The first kappa shape index (κ1) is 21.4. The number of likely N-dealkylation sites (tertiary alicyclic amines) is 1. The van der Waals surface area contributed by atoms with E-state index in [1.54, 1.807) is 12.1 Å². The second-order valence-corrected chi connectivity index (χ2v) is 8.64. The second-order valence-electron chi connectivity index (χ2n) is 8.64. The Labute approximate surface area is 195 Å². The van der Waals surface area contributed by atoms with Crippen molar-refractivity contribution < 1.29 is 9.84 Å². The van der Waals surface area contributed by atoms with Crippen LogP contribution in [0.25, 0.3) is 21.9 Å². The van der Waals surface area contributed by atoms with Crippen LogP contribution >= 0.6 is 0 Å². The average molecular weight is 439 g/mol. The number of fused-ring (bicyclic) bond motifs is 1. The van der Waals surface area contributed by atoms with Gasteiger partial charge in [0.25, 0.3) is 0 Å². The molecule has 0 saturated carbocycles. The number of anilines is 1. The van der Waals surface area contributed by atoms with E-state index in [1.165, 1.54) is 32.4 Å². The maximum atomic E-state index is 10.2. The Bertz CT molecular complexity index is 1220. The molecule has 0 unspecified atom stereocenters. The molecule has 0 radical (unpaired) electrons. The van der Waals surface area contributed by atoms with Crippen LogP contribution in [-0.2, 0) is 0 Å². The number of nitrogens with one attached hydrogen (secondary N) is 1. The van der Waals surface area contributed by atoms with E-state index in [0.717, 1.165) is 52.2 Å². The Morgan fingerprint density at radius 3 is 2.42 bits per heavy atom. The molecular weight excluding hydrogens is 408 g/mol. The van der Waals surface area contributed by atoms with Gasteiger partial charge in [0.05, 0.1) is 0 Å². The summed E-state index contributed by atoms with van der Waals surface area (Å²) in [7, 11) is 0. The summed E-state index contributed by atoms with van der Waals surface area (Å²) in [5, 5.41) is 16.1. The van der Waals surface area contributed by atoms with E-state index in [-0.39, 0.29) is 5.75 Å². The lowest BCUT2D eigenvalue weighted by atomic mass is 9.97. The van der Waals surface area contributed by atoms with E-state index in [9.17, 15) is 5.11 Å². The highest BCUT2D eigenvalue weighted by Crippen LogP contribution is 2.45. The van der Waals surface area contributed by atoms with Crippen molar-refractivity contribution in [1.29, 1.82) is 0 Å². The number of rotatable bonds is 7. The van der Waals surface area contributed by atoms with Crippen LogP contribution < -0.4 is 10.1 Å². The maximum Gasteiger partial charge on any atom is 0.145 e. The number of benzene rings is 4. The van der Waals surface area contributed by atoms with Crippen molar-refractivity contribution >= 4 is 16.5 Å². The molecule has 0 atom stereocenters. The maximum absolute atomic E-state index is 10.2. The van der Waals surface area contributed by atoms with Gasteiger partial charge in [-0.3, -0.25) is 0 Å². The van der Waals surface area contributed by atoms with Crippen LogP contribution in [0.3, 0.4) is 0 Å². The van der Waals surface area contributed by atoms with E-state index < -0.39 is 0 Å². The molecule has 0 aliphatic carbocycles. The van der Waals surface area contributed by atoms with E-state index in [0.29, 0.717) is 0 Å². The van der Waals surface area contributed by atoms with E-state index in [2.05, 4.69) is 34.5 Å². The molecule has 1 aliphatic heterocycles. The third kappa shape index (κ3) is 4.96. The fourth-order valence-electron chi connectivity index (χ4n) is 4.65. The molecule has 0 amide bonds. The molecule has 0 spiro atoms. The molecule has 1 aliphatic rings. The largest absolute Gasteiger partial charge is 0.508 e. The fraction of sp³-hybridized carbons (Fsp3) is 0.241. The van der Waals surface area contributed by atoms with Crippen molar-refractivity contribution in [3.05, 3.63) is 84.9 Å². The topological polar surface area (TPSA) is 44.7 Å². The van der Waals surface area contributed by atoms with Crippen LogP contribution in [0.1, 0.15) is 19.3 Å². The summed E-state index contributed by atoms with van der Waals surface area (Å²) in [6.45, 7) is 4.23. The first-order chi connectivity index (χ1) is 16.3. The molecule has 33 heavy (non-hydrogen) atoms. The normalized spacial score (nSPS) is 14.3. The molecule has 0 aromatic heterocycles. The van der Waals surface area contributed by atoms with Crippen molar-refractivity contribution in [2.24, 2.45) is 0 Å². The molecule has 1 heterocycles. The Morgan fingerprint density at radius 2 is 1.61 bits per heavy atom. The van der Waals surface area contributed by atoms with Crippen LogP contribution in [0.15, 0.2) is 84.9 Å². The lowest BCUT2D eigenvalue weighted by Crippen LogP contribution is -2.33. The van der Waals surface area contributed by atoms with Crippen molar-refractivity contribution in [3.63, 3.8) is 0 Å². The van der Waals surface area contributed by atoms with Gasteiger partial charge in [-0.1, -0.05) is 61.0 Å². The minimum absolute atomic E-state index is 0.241. The molecule has 4 nitrogen and oxygen atoms in total. The lowest BCUT2D eigenvalue weighted by Gasteiger charge is -2.27. The molecule has 2 N–H and O–H groups in total. The molecule has 0 bridgehead atoms. The number of hydrogen-bond acceptors (Lipinski definition) is 4. The summed E-state index contributed by atoms with van der Waals surface area (Å²) >= 11 is 0. The predicted molar refractivity (Wildman–Crippen MR) is 136 cm³/mol. The summed E-state index contributed by atoms with van der Waals surface area (Å²) in [6, 6.07) is 27.8. The zero-order chi connectivity index (χ0) is 22.5. The highest BCUT2D eigenvalue weighted by atomic mass is 16.5. The number of hydrogen-bond donors (Lipinski definition) is 2. The van der Waals surface area contributed by atoms with Crippen LogP contribution in [0.5, 0.6) is 17.2 Å². The van der Waals surface area contributed by atoms with Gasteiger partial charge in [0.15, 0.2) is 0 Å². The number of phenols is 1. The average Bonchev–Trinajstić information content (AvgIpc) is 2.85. The van der Waals surface area contributed by atoms with Gasteiger partial charge >= 0.3 is 0 Å². The van der Waals surface area contributed by atoms with Gasteiger partial charge in [-0.2, -0.15) is 0 Å². The van der Waals surface area contributed by atoms with Crippen molar-refractivity contribution in [1.82, 2.24) is 4.90 Å². The standard InChI is InChI=1S/C29H30N2O2/c32-24-12-9-11-23(20-24)28-27(30-16-19-31-17-7-2-8-18-31)21-22-10-5-6-15-26(22)29(28)33-25-13-3-1-4-14-25/h1,3-6,9-15,20-21,30,32H,2,7-8,16-19H2. The first-order valence-electron chi connectivity index (χ1n) is 11.8. The van der Waals surface area contributed by atoms with Crippen LogP contribution in [0, 0.1) is 0 Å². The number of piperidine rings is 1. The predicted octanol–water partition coefficient (Wildman–Crippen LogP) is 6.90. The molecule has 1 saturated heterocycles. The highest BCUT2D eigenvalue weighted by Gasteiger charge is 2.18. The molecule has 1 fully saturated rings. The number of nitrogens with zero attached hydrogens (tertiary/aromatic N) is 1. The quantitative estimate of drug-likeness (QED) is 0.329. The first-order valence-corrected chi connectivity index (χ1v) is 11.8. The van der Waals surface area contributed by atoms with E-state index >= 15 is 0 Å². The molecule has 4 heteroatoms. The summed E-state index contributed by atoms with van der Waals surface area (Å²) in [5.41, 5.74) is 2.90. The van der Waals surface area contributed by atoms with Gasteiger partial charge < -0.3 is 20.1 Å². The van der Waals surface area contributed by atoms with Crippen LogP contribution in [0.2, 0.25) is 0 Å². The third-order valence-electron chi connectivity index (χ3n) is 6.29. The van der Waals surface area contributed by atoms with Gasteiger partial charge in [0.1, 0.15) is 17.2 Å². The second kappa shape index (κ2) is 9.97. The zero-order valence-electron chi connectivity index (χ0n) is 18.8. The van der Waals surface area contributed by atoms with Gasteiger partial charge in [0.2, 0.25) is 0 Å². The Morgan fingerprint density at radius 1 is 0.818 bits per heavy atom. The smallest absolute Gasteiger partial charge is 0.145 e. The lowest BCUT2D eigenvalue weighted by molar-refractivity contribution is 0.237. The number of phenolic OH excluding ortho intramolecular Hbond substituents is 1. The molecule has 168 valence electrons. The molecule has 4 aromatic carbocycles. The van der Waals surface area contributed by atoms with Gasteiger partial charge in [-0.15, -0.1) is 0 Å². The van der Waals surface area contributed by atoms with Crippen LogP contribution in [0.4, 0.5) is 5.69 Å². The summed E-state index contributed by atoms with van der Waals surface area (Å²) in [5.74, 6) is 1.82. The molecule has 4 aromatic rings.